The molecule has 2 aliphatic rings. The summed E-state index contributed by atoms with van der Waals surface area (Å²) in [6, 6.07) is 7.14. The fraction of sp³-hybridized carbons (Fsp3) is 0.444. The van der Waals surface area contributed by atoms with Crippen LogP contribution in [0.1, 0.15) is 26.2 Å². The van der Waals surface area contributed by atoms with Crippen molar-refractivity contribution in [1.29, 1.82) is 0 Å². The Labute approximate surface area is 165 Å². The van der Waals surface area contributed by atoms with E-state index < -0.39 is 18.2 Å². The monoisotopic (exact) mass is 403 g/mol. The van der Waals surface area contributed by atoms with Gasteiger partial charge < -0.3 is 9.80 Å². The average Bonchev–Trinajstić information content (AvgIpc) is 3.22. The van der Waals surface area contributed by atoms with Crippen LogP contribution in [0.25, 0.3) is 10.2 Å². The number of para-hydroxylation sites is 1. The largest absolute Gasteiger partial charge is 0.335 e. The van der Waals surface area contributed by atoms with Gasteiger partial charge in [0.2, 0.25) is 0 Å². The van der Waals surface area contributed by atoms with Crippen molar-refractivity contribution in [2.75, 3.05) is 13.6 Å². The summed E-state index contributed by atoms with van der Waals surface area (Å²) >= 11 is 3.09. The number of nitrogens with zero attached hydrogens (tertiary/aromatic N) is 4. The van der Waals surface area contributed by atoms with Crippen LogP contribution in [0.15, 0.2) is 33.6 Å². The normalized spacial score (nSPS) is 22.2. The highest BCUT2D eigenvalue weighted by Gasteiger charge is 2.48. The van der Waals surface area contributed by atoms with Crippen molar-refractivity contribution in [3.8, 4) is 0 Å². The van der Waals surface area contributed by atoms with E-state index in [1.54, 1.807) is 18.4 Å². The molecule has 1 aromatic heterocycles. The van der Waals surface area contributed by atoms with Crippen LogP contribution in [0.5, 0.6) is 0 Å². The van der Waals surface area contributed by atoms with Gasteiger partial charge in [0, 0.05) is 13.6 Å². The summed E-state index contributed by atoms with van der Waals surface area (Å²) in [5, 5.41) is 3.20. The lowest BCUT2D eigenvalue weighted by atomic mass is 10.1. The van der Waals surface area contributed by atoms with E-state index >= 15 is 0 Å². The maximum Gasteiger partial charge on any atom is 0.325 e. The van der Waals surface area contributed by atoms with Gasteiger partial charge in [-0.3, -0.25) is 10.1 Å². The SMILES string of the molecule is CCCCCN1C(Sc2nc3ccccc3s2)=NC2C1C(=O)NC(=O)N2C. The van der Waals surface area contributed by atoms with E-state index in [2.05, 4.69) is 17.2 Å². The zero-order valence-corrected chi connectivity index (χ0v) is 16.8. The number of rotatable bonds is 5. The Morgan fingerprint density at radius 3 is 2.85 bits per heavy atom. The van der Waals surface area contributed by atoms with Gasteiger partial charge in [0.05, 0.1) is 10.2 Å². The van der Waals surface area contributed by atoms with Crippen molar-refractivity contribution in [3.63, 3.8) is 0 Å². The van der Waals surface area contributed by atoms with Gasteiger partial charge in [-0.1, -0.05) is 31.9 Å². The molecule has 1 aromatic carbocycles. The summed E-state index contributed by atoms with van der Waals surface area (Å²) in [5.41, 5.74) is 0.962. The van der Waals surface area contributed by atoms with Crippen LogP contribution in [0.2, 0.25) is 0 Å². The summed E-state index contributed by atoms with van der Waals surface area (Å²) in [6.45, 7) is 2.89. The fourth-order valence-electron chi connectivity index (χ4n) is 3.33. The first kappa shape index (κ1) is 18.2. The molecule has 0 radical (unpaired) electrons. The molecule has 0 spiro atoms. The fourth-order valence-corrected chi connectivity index (χ4v) is 5.47. The number of benzene rings is 1. The molecular weight excluding hydrogens is 382 g/mol. The van der Waals surface area contributed by atoms with Crippen LogP contribution in [0.3, 0.4) is 0 Å². The molecule has 3 heterocycles. The Balaban J connectivity index is 1.62. The van der Waals surface area contributed by atoms with Crippen LogP contribution < -0.4 is 5.32 Å². The van der Waals surface area contributed by atoms with Crippen molar-refractivity contribution in [2.45, 2.75) is 42.7 Å². The van der Waals surface area contributed by atoms with Gasteiger partial charge in [0.25, 0.3) is 5.91 Å². The number of hydrogen-bond acceptors (Lipinski definition) is 7. The highest BCUT2D eigenvalue weighted by atomic mass is 32.2. The van der Waals surface area contributed by atoms with E-state index in [1.807, 2.05) is 29.2 Å². The third-order valence-corrected chi connectivity index (χ3v) is 6.90. The minimum absolute atomic E-state index is 0.275. The summed E-state index contributed by atoms with van der Waals surface area (Å²) < 4.78 is 2.02. The van der Waals surface area contributed by atoms with Crippen LogP contribution >= 0.6 is 23.1 Å². The molecule has 2 aromatic rings. The average molecular weight is 404 g/mol. The number of aromatic nitrogens is 1. The van der Waals surface area contributed by atoms with Crippen molar-refractivity contribution < 1.29 is 9.59 Å². The summed E-state index contributed by atoms with van der Waals surface area (Å²) in [5.74, 6) is -0.275. The molecule has 7 nitrogen and oxygen atoms in total. The lowest BCUT2D eigenvalue weighted by Gasteiger charge is -2.36. The first-order valence-corrected chi connectivity index (χ1v) is 10.7. The number of thiazole rings is 1. The number of likely N-dealkylation sites (N-methyl/N-ethyl adjacent to an activating group) is 1. The molecular formula is C18H21N5O2S2. The van der Waals surface area contributed by atoms with E-state index in [1.165, 1.54) is 16.7 Å². The first-order chi connectivity index (χ1) is 13.1. The Morgan fingerprint density at radius 2 is 2.07 bits per heavy atom. The molecule has 2 unspecified atom stereocenters. The molecule has 1 saturated heterocycles. The topological polar surface area (TPSA) is 77.9 Å². The quantitative estimate of drug-likeness (QED) is 0.776. The van der Waals surface area contributed by atoms with Gasteiger partial charge in [-0.05, 0) is 30.3 Å². The lowest BCUT2D eigenvalue weighted by Crippen LogP contribution is -2.63. The van der Waals surface area contributed by atoms with Gasteiger partial charge in [0.15, 0.2) is 21.7 Å². The molecule has 3 amide bonds. The standard InChI is InChI=1S/C18H21N5O2S2/c1-3-4-7-10-23-13-14(22(2)16(25)21-15(13)24)20-17(23)27-18-19-11-8-5-6-9-12(11)26-18/h5-6,8-9,13-14H,3-4,7,10H2,1-2H3,(H,21,24,25). The maximum atomic E-state index is 12.5. The number of urea groups is 1. The molecule has 0 aliphatic carbocycles. The highest BCUT2D eigenvalue weighted by molar-refractivity contribution is 8.15. The molecule has 0 bridgehead atoms. The molecule has 4 rings (SSSR count). The number of carbonyl (C=O) groups excluding carboxylic acids is 2. The molecule has 1 N–H and O–H groups in total. The maximum absolute atomic E-state index is 12.5. The predicted octanol–water partition coefficient (Wildman–Crippen LogP) is 3.13. The van der Waals surface area contributed by atoms with E-state index in [0.717, 1.165) is 45.5 Å². The van der Waals surface area contributed by atoms with Crippen molar-refractivity contribution >= 4 is 50.4 Å². The molecule has 9 heteroatoms. The highest BCUT2D eigenvalue weighted by Crippen LogP contribution is 2.35. The Morgan fingerprint density at radius 1 is 1.26 bits per heavy atom. The first-order valence-electron chi connectivity index (χ1n) is 9.04. The molecule has 142 valence electrons. The van der Waals surface area contributed by atoms with Crippen LogP contribution in [0.4, 0.5) is 4.79 Å². The smallest absolute Gasteiger partial charge is 0.325 e. The summed E-state index contributed by atoms with van der Waals surface area (Å²) in [6.07, 6.45) is 2.68. The number of thioether (sulfide) groups is 1. The predicted molar refractivity (Wildman–Crippen MR) is 108 cm³/mol. The number of amidine groups is 1. The van der Waals surface area contributed by atoms with Gasteiger partial charge in [-0.15, -0.1) is 11.3 Å². The van der Waals surface area contributed by atoms with Crippen molar-refractivity contribution in [3.05, 3.63) is 24.3 Å². The lowest BCUT2D eigenvalue weighted by molar-refractivity contribution is -0.127. The van der Waals surface area contributed by atoms with E-state index in [0.29, 0.717) is 0 Å². The van der Waals surface area contributed by atoms with Crippen LogP contribution in [-0.2, 0) is 4.79 Å². The molecule has 27 heavy (non-hydrogen) atoms. The number of aliphatic imine (C=N–C) groups is 1. The van der Waals surface area contributed by atoms with Crippen molar-refractivity contribution in [2.24, 2.45) is 4.99 Å². The zero-order valence-electron chi connectivity index (χ0n) is 15.2. The number of amides is 3. The second kappa shape index (κ2) is 7.47. The second-order valence-electron chi connectivity index (χ2n) is 6.63. The molecule has 0 saturated carbocycles. The number of hydrogen-bond donors (Lipinski definition) is 1. The van der Waals surface area contributed by atoms with Gasteiger partial charge in [-0.25, -0.2) is 14.8 Å². The summed E-state index contributed by atoms with van der Waals surface area (Å²) in [7, 11) is 1.68. The van der Waals surface area contributed by atoms with E-state index in [4.69, 9.17) is 4.99 Å². The number of imide groups is 1. The van der Waals surface area contributed by atoms with Crippen molar-refractivity contribution in [1.82, 2.24) is 20.1 Å². The Kier molecular flexibility index (Phi) is 5.05. The van der Waals surface area contributed by atoms with Crippen LogP contribution in [-0.4, -0.2) is 57.7 Å². The molecule has 2 atom stereocenters. The second-order valence-corrected chi connectivity index (χ2v) is 8.87. The van der Waals surface area contributed by atoms with E-state index in [9.17, 15) is 9.59 Å². The molecule has 2 aliphatic heterocycles. The number of carbonyl (C=O) groups is 2. The minimum atomic E-state index is -0.482. The molecule has 1 fully saturated rings. The third-order valence-electron chi connectivity index (χ3n) is 4.78. The minimum Gasteiger partial charge on any atom is -0.335 e. The Bertz CT molecular complexity index is 879. The van der Waals surface area contributed by atoms with Crippen LogP contribution in [0, 0.1) is 0 Å². The zero-order chi connectivity index (χ0) is 19.0. The number of nitrogens with one attached hydrogen (secondary N) is 1. The van der Waals surface area contributed by atoms with Gasteiger partial charge >= 0.3 is 6.03 Å². The number of unbranched alkanes of at least 4 members (excludes halogenated alkanes) is 2. The summed E-state index contributed by atoms with van der Waals surface area (Å²) in [4.78, 5) is 37.4. The van der Waals surface area contributed by atoms with E-state index in [-0.39, 0.29) is 5.91 Å². The Hall–Kier alpha value is -2.13. The van der Waals surface area contributed by atoms with Gasteiger partial charge in [-0.2, -0.15) is 0 Å². The van der Waals surface area contributed by atoms with Gasteiger partial charge in [0.1, 0.15) is 0 Å². The third kappa shape index (κ3) is 3.41. The number of fused-ring (bicyclic) bond motifs is 2.